The highest BCUT2D eigenvalue weighted by molar-refractivity contribution is 9.11. The minimum atomic E-state index is 0.800. The first-order chi connectivity index (χ1) is 9.11. The van der Waals surface area contributed by atoms with Crippen LogP contribution in [0.5, 0.6) is 0 Å². The molecule has 1 aromatic heterocycles. The Hall–Kier alpha value is -1.14. The number of hydrogen-bond donors (Lipinski definition) is 2. The molecule has 0 saturated carbocycles. The van der Waals surface area contributed by atoms with Gasteiger partial charge in [0.1, 0.15) is 18.0 Å². The first-order valence-corrected chi connectivity index (χ1v) is 7.48. The van der Waals surface area contributed by atoms with Crippen LogP contribution in [-0.2, 0) is 0 Å². The van der Waals surface area contributed by atoms with E-state index in [9.17, 15) is 0 Å². The summed E-state index contributed by atoms with van der Waals surface area (Å²) in [6.45, 7) is 4.87. The molecule has 2 aromatic rings. The molecular formula is C13H14Br2N4. The third-order valence-electron chi connectivity index (χ3n) is 2.61. The van der Waals surface area contributed by atoms with Gasteiger partial charge in [0.05, 0.1) is 5.69 Å². The molecule has 19 heavy (non-hydrogen) atoms. The lowest BCUT2D eigenvalue weighted by Gasteiger charge is -2.13. The molecule has 0 fully saturated rings. The number of nitrogens with one attached hydrogen (secondary N) is 2. The first-order valence-electron chi connectivity index (χ1n) is 5.89. The fraction of sp³-hybridized carbons (Fsp3) is 0.231. The summed E-state index contributed by atoms with van der Waals surface area (Å²) in [7, 11) is 0. The Balaban J connectivity index is 2.30. The van der Waals surface area contributed by atoms with Crippen LogP contribution in [0.4, 0.5) is 17.3 Å². The van der Waals surface area contributed by atoms with Crippen molar-refractivity contribution in [2.45, 2.75) is 13.8 Å². The van der Waals surface area contributed by atoms with Gasteiger partial charge in [-0.2, -0.15) is 0 Å². The maximum atomic E-state index is 4.29. The molecule has 0 amide bonds. The van der Waals surface area contributed by atoms with E-state index in [-0.39, 0.29) is 0 Å². The summed E-state index contributed by atoms with van der Waals surface area (Å²) >= 11 is 6.96. The van der Waals surface area contributed by atoms with E-state index in [2.05, 4.69) is 52.5 Å². The van der Waals surface area contributed by atoms with E-state index >= 15 is 0 Å². The molecule has 0 aliphatic rings. The third-order valence-corrected chi connectivity index (χ3v) is 3.76. The smallest absolute Gasteiger partial charge is 0.138 e. The fourth-order valence-corrected chi connectivity index (χ4v) is 2.79. The lowest BCUT2D eigenvalue weighted by atomic mass is 10.2. The Kier molecular flexibility index (Phi) is 4.76. The van der Waals surface area contributed by atoms with Crippen molar-refractivity contribution in [1.82, 2.24) is 9.97 Å². The van der Waals surface area contributed by atoms with Crippen LogP contribution < -0.4 is 10.6 Å². The van der Waals surface area contributed by atoms with Crippen LogP contribution in [-0.4, -0.2) is 16.5 Å². The van der Waals surface area contributed by atoms with Gasteiger partial charge in [-0.1, -0.05) is 15.9 Å². The van der Waals surface area contributed by atoms with Crippen LogP contribution in [0.3, 0.4) is 0 Å². The van der Waals surface area contributed by atoms with Crippen LogP contribution in [0, 0.1) is 6.92 Å². The van der Waals surface area contributed by atoms with Crippen molar-refractivity contribution >= 4 is 49.2 Å². The van der Waals surface area contributed by atoms with Crippen molar-refractivity contribution in [1.29, 1.82) is 0 Å². The molecule has 0 spiro atoms. The summed E-state index contributed by atoms with van der Waals surface area (Å²) < 4.78 is 2.00. The maximum absolute atomic E-state index is 4.29. The molecule has 0 unspecified atom stereocenters. The molecule has 2 N–H and O–H groups in total. The van der Waals surface area contributed by atoms with Crippen LogP contribution in [0.2, 0.25) is 0 Å². The van der Waals surface area contributed by atoms with Crippen molar-refractivity contribution in [3.05, 3.63) is 39.0 Å². The van der Waals surface area contributed by atoms with E-state index in [0.29, 0.717) is 0 Å². The minimum absolute atomic E-state index is 0.800. The average Bonchev–Trinajstić information content (AvgIpc) is 2.37. The van der Waals surface area contributed by atoms with Gasteiger partial charge in [-0.3, -0.25) is 0 Å². The Bertz CT molecular complexity index is 587. The van der Waals surface area contributed by atoms with Crippen LogP contribution >= 0.6 is 31.9 Å². The molecule has 4 nitrogen and oxygen atoms in total. The predicted molar refractivity (Wildman–Crippen MR) is 86.1 cm³/mol. The van der Waals surface area contributed by atoms with Crippen molar-refractivity contribution in [2.24, 2.45) is 0 Å². The van der Waals surface area contributed by atoms with Crippen LogP contribution in [0.15, 0.2) is 33.5 Å². The molecule has 1 aromatic carbocycles. The summed E-state index contributed by atoms with van der Waals surface area (Å²) in [5.74, 6) is 1.65. The molecule has 1 heterocycles. The quantitative estimate of drug-likeness (QED) is 0.814. The van der Waals surface area contributed by atoms with Gasteiger partial charge in [-0.05, 0) is 48.0 Å². The topological polar surface area (TPSA) is 49.8 Å². The number of anilines is 3. The number of hydrogen-bond acceptors (Lipinski definition) is 4. The van der Waals surface area contributed by atoms with E-state index in [1.165, 1.54) is 0 Å². The fourth-order valence-electron chi connectivity index (χ4n) is 1.64. The summed E-state index contributed by atoms with van der Waals surface area (Å²) in [6, 6.07) is 5.96. The van der Waals surface area contributed by atoms with Crippen LogP contribution in [0.1, 0.15) is 12.5 Å². The number of nitrogens with zero attached hydrogens (tertiary/aromatic N) is 2. The summed E-state index contributed by atoms with van der Waals surface area (Å²) in [4.78, 5) is 8.51. The van der Waals surface area contributed by atoms with Gasteiger partial charge in [0.2, 0.25) is 0 Å². The van der Waals surface area contributed by atoms with E-state index in [1.54, 1.807) is 6.33 Å². The molecule has 0 bridgehead atoms. The van der Waals surface area contributed by atoms with Crippen molar-refractivity contribution in [3.63, 3.8) is 0 Å². The first kappa shape index (κ1) is 14.3. The predicted octanol–water partition coefficient (Wildman–Crippen LogP) is 4.49. The van der Waals surface area contributed by atoms with Crippen molar-refractivity contribution in [3.8, 4) is 0 Å². The van der Waals surface area contributed by atoms with Crippen molar-refractivity contribution in [2.75, 3.05) is 17.2 Å². The lowest BCUT2D eigenvalue weighted by molar-refractivity contribution is 1.08. The average molecular weight is 386 g/mol. The zero-order valence-electron chi connectivity index (χ0n) is 10.7. The molecule has 0 radical (unpaired) electrons. The molecule has 0 aliphatic carbocycles. The highest BCUT2D eigenvalue weighted by Crippen LogP contribution is 2.30. The van der Waals surface area contributed by atoms with Gasteiger partial charge in [0, 0.05) is 21.1 Å². The Morgan fingerprint density at radius 2 is 1.89 bits per heavy atom. The largest absolute Gasteiger partial charge is 0.370 e. The van der Waals surface area contributed by atoms with Crippen LogP contribution in [0.25, 0.3) is 0 Å². The number of aromatic nitrogens is 2. The lowest BCUT2D eigenvalue weighted by Crippen LogP contribution is -2.05. The van der Waals surface area contributed by atoms with E-state index in [4.69, 9.17) is 0 Å². The van der Waals surface area contributed by atoms with E-state index in [1.807, 2.05) is 32.0 Å². The summed E-state index contributed by atoms with van der Waals surface area (Å²) in [6.07, 6.45) is 1.56. The molecule has 0 atom stereocenters. The standard InChI is InChI=1S/C13H14Br2N4/c1-3-16-12-8(2)13(18-7-17-12)19-11-5-4-9(14)6-10(11)15/h4-7H,3H2,1-2H3,(H2,16,17,18,19). The molecule has 2 rings (SSSR count). The second-order valence-corrected chi connectivity index (χ2v) is 5.75. The minimum Gasteiger partial charge on any atom is -0.370 e. The summed E-state index contributed by atoms with van der Waals surface area (Å²) in [5, 5.41) is 6.52. The molecule has 100 valence electrons. The molecular weight excluding hydrogens is 372 g/mol. The Morgan fingerprint density at radius 3 is 2.58 bits per heavy atom. The normalized spacial score (nSPS) is 10.3. The highest BCUT2D eigenvalue weighted by Gasteiger charge is 2.08. The Labute approximate surface area is 129 Å². The maximum Gasteiger partial charge on any atom is 0.138 e. The molecule has 6 heteroatoms. The molecule has 0 saturated heterocycles. The van der Waals surface area contributed by atoms with Crippen molar-refractivity contribution < 1.29 is 0 Å². The van der Waals surface area contributed by atoms with E-state index in [0.717, 1.165) is 38.4 Å². The second kappa shape index (κ2) is 6.34. The van der Waals surface area contributed by atoms with Gasteiger partial charge in [-0.15, -0.1) is 0 Å². The number of benzene rings is 1. The second-order valence-electron chi connectivity index (χ2n) is 3.98. The zero-order valence-corrected chi connectivity index (χ0v) is 13.8. The third kappa shape index (κ3) is 3.45. The van der Waals surface area contributed by atoms with Gasteiger partial charge in [0.25, 0.3) is 0 Å². The van der Waals surface area contributed by atoms with Gasteiger partial charge in [-0.25, -0.2) is 9.97 Å². The summed E-state index contributed by atoms with van der Waals surface area (Å²) in [5.41, 5.74) is 1.96. The van der Waals surface area contributed by atoms with Gasteiger partial charge >= 0.3 is 0 Å². The monoisotopic (exact) mass is 384 g/mol. The van der Waals surface area contributed by atoms with E-state index < -0.39 is 0 Å². The number of halogens is 2. The van der Waals surface area contributed by atoms with Gasteiger partial charge in [0.15, 0.2) is 0 Å². The zero-order chi connectivity index (χ0) is 13.8. The highest BCUT2D eigenvalue weighted by atomic mass is 79.9. The number of rotatable bonds is 4. The van der Waals surface area contributed by atoms with Gasteiger partial charge < -0.3 is 10.6 Å². The Morgan fingerprint density at radius 1 is 1.16 bits per heavy atom. The SMILES string of the molecule is CCNc1ncnc(Nc2ccc(Br)cc2Br)c1C. The molecule has 0 aliphatic heterocycles.